The maximum absolute atomic E-state index is 15.1. The molecule has 2 aromatic rings. The summed E-state index contributed by atoms with van der Waals surface area (Å²) in [5.74, 6) is 2.70. The standard InChI is InChI=1S/C31H43FO/c1-3-4-5-6-23-7-11-25(12-8-23)26-15-17-28(18-16-26)30-20-19-29(21-31(30)32)27-13-9-24(10-14-27)22-33-2/h15-21,23-25,27H,3-14,22H2,1-2H3. The first-order valence-electron chi connectivity index (χ1n) is 13.6. The molecule has 0 aliphatic heterocycles. The van der Waals surface area contributed by atoms with E-state index in [4.69, 9.17) is 4.74 Å². The highest BCUT2D eigenvalue weighted by Gasteiger charge is 2.24. The van der Waals surface area contributed by atoms with Crippen LogP contribution in [0.4, 0.5) is 4.39 Å². The average Bonchev–Trinajstić information content (AvgIpc) is 2.85. The smallest absolute Gasteiger partial charge is 0.131 e. The van der Waals surface area contributed by atoms with Crippen LogP contribution < -0.4 is 0 Å². The Hall–Kier alpha value is -1.67. The molecule has 2 aromatic carbocycles. The van der Waals surface area contributed by atoms with Crippen LogP contribution in [0.3, 0.4) is 0 Å². The van der Waals surface area contributed by atoms with Crippen molar-refractivity contribution in [1.82, 2.24) is 0 Å². The Kier molecular flexibility index (Phi) is 9.01. The molecule has 0 aromatic heterocycles. The summed E-state index contributed by atoms with van der Waals surface area (Å²) in [4.78, 5) is 0. The first kappa shape index (κ1) is 24.5. The van der Waals surface area contributed by atoms with Crippen LogP contribution in [0, 0.1) is 17.7 Å². The Morgan fingerprint density at radius 3 is 1.97 bits per heavy atom. The maximum atomic E-state index is 15.1. The lowest BCUT2D eigenvalue weighted by Crippen LogP contribution is -2.17. The predicted molar refractivity (Wildman–Crippen MR) is 137 cm³/mol. The molecule has 0 amide bonds. The van der Waals surface area contributed by atoms with Gasteiger partial charge in [-0.05, 0) is 97.8 Å². The second-order valence-electron chi connectivity index (χ2n) is 10.7. The largest absolute Gasteiger partial charge is 0.384 e. The van der Waals surface area contributed by atoms with Crippen molar-refractivity contribution in [2.24, 2.45) is 11.8 Å². The van der Waals surface area contributed by atoms with Crippen LogP contribution in [0.15, 0.2) is 42.5 Å². The van der Waals surface area contributed by atoms with Crippen LogP contribution in [-0.2, 0) is 4.74 Å². The Labute approximate surface area is 201 Å². The van der Waals surface area contributed by atoms with E-state index < -0.39 is 0 Å². The summed E-state index contributed by atoms with van der Waals surface area (Å²) in [6.45, 7) is 3.15. The second kappa shape index (κ2) is 12.2. The van der Waals surface area contributed by atoms with Gasteiger partial charge in [-0.25, -0.2) is 4.39 Å². The number of halogens is 1. The summed E-state index contributed by atoms with van der Waals surface area (Å²) in [5, 5.41) is 0. The van der Waals surface area contributed by atoms with E-state index in [1.807, 2.05) is 6.07 Å². The Morgan fingerprint density at radius 2 is 1.36 bits per heavy atom. The van der Waals surface area contributed by atoms with Crippen molar-refractivity contribution in [2.45, 2.75) is 95.8 Å². The van der Waals surface area contributed by atoms with Gasteiger partial charge in [0.15, 0.2) is 0 Å². The molecule has 0 atom stereocenters. The Balaban J connectivity index is 1.33. The molecule has 2 heteroatoms. The molecular formula is C31H43FO. The van der Waals surface area contributed by atoms with Crippen LogP contribution in [0.25, 0.3) is 11.1 Å². The molecule has 2 aliphatic rings. The van der Waals surface area contributed by atoms with E-state index in [-0.39, 0.29) is 5.82 Å². The topological polar surface area (TPSA) is 9.23 Å². The van der Waals surface area contributed by atoms with E-state index in [1.165, 1.54) is 75.3 Å². The summed E-state index contributed by atoms with van der Waals surface area (Å²) in [6, 6.07) is 14.7. The van der Waals surface area contributed by atoms with Crippen LogP contribution in [0.2, 0.25) is 0 Å². The van der Waals surface area contributed by atoms with E-state index >= 15 is 4.39 Å². The number of methoxy groups -OCH3 is 1. The minimum absolute atomic E-state index is 0.0770. The van der Waals surface area contributed by atoms with Crippen molar-refractivity contribution < 1.29 is 9.13 Å². The number of benzene rings is 2. The van der Waals surface area contributed by atoms with E-state index in [1.54, 1.807) is 13.2 Å². The van der Waals surface area contributed by atoms with Crippen LogP contribution in [0.1, 0.15) is 107 Å². The summed E-state index contributed by atoms with van der Waals surface area (Å²) >= 11 is 0. The summed E-state index contributed by atoms with van der Waals surface area (Å²) in [7, 11) is 1.78. The zero-order chi connectivity index (χ0) is 23.0. The van der Waals surface area contributed by atoms with Crippen molar-refractivity contribution in [3.63, 3.8) is 0 Å². The van der Waals surface area contributed by atoms with Crippen molar-refractivity contribution in [3.8, 4) is 11.1 Å². The van der Waals surface area contributed by atoms with Gasteiger partial charge in [-0.1, -0.05) is 69.0 Å². The Bertz CT molecular complexity index is 842. The quantitative estimate of drug-likeness (QED) is 0.346. The van der Waals surface area contributed by atoms with Gasteiger partial charge in [0, 0.05) is 19.3 Å². The van der Waals surface area contributed by atoms with E-state index in [0.717, 1.165) is 36.5 Å². The summed E-state index contributed by atoms with van der Waals surface area (Å²) in [5.41, 5.74) is 4.34. The molecule has 0 heterocycles. The molecular weight excluding hydrogens is 407 g/mol. The highest BCUT2D eigenvalue weighted by molar-refractivity contribution is 5.65. The molecule has 0 unspecified atom stereocenters. The van der Waals surface area contributed by atoms with Gasteiger partial charge in [-0.3, -0.25) is 0 Å². The van der Waals surface area contributed by atoms with Gasteiger partial charge < -0.3 is 4.74 Å². The molecule has 0 N–H and O–H groups in total. The van der Waals surface area contributed by atoms with E-state index in [9.17, 15) is 0 Å². The molecule has 1 nitrogen and oxygen atoms in total. The van der Waals surface area contributed by atoms with Crippen molar-refractivity contribution in [2.75, 3.05) is 13.7 Å². The Morgan fingerprint density at radius 1 is 0.758 bits per heavy atom. The fourth-order valence-corrected chi connectivity index (χ4v) is 6.32. The van der Waals surface area contributed by atoms with E-state index in [2.05, 4.69) is 37.3 Å². The number of hydrogen-bond donors (Lipinski definition) is 0. The lowest BCUT2D eigenvalue weighted by molar-refractivity contribution is 0.127. The van der Waals surface area contributed by atoms with Gasteiger partial charge in [0.2, 0.25) is 0 Å². The molecule has 0 bridgehead atoms. The third-order valence-corrected chi connectivity index (χ3v) is 8.47. The third kappa shape index (κ3) is 6.47. The van der Waals surface area contributed by atoms with Crippen LogP contribution in [-0.4, -0.2) is 13.7 Å². The minimum atomic E-state index is -0.0770. The fourth-order valence-electron chi connectivity index (χ4n) is 6.32. The zero-order valence-corrected chi connectivity index (χ0v) is 20.8. The van der Waals surface area contributed by atoms with Crippen LogP contribution >= 0.6 is 0 Å². The first-order chi connectivity index (χ1) is 16.2. The average molecular weight is 451 g/mol. The van der Waals surface area contributed by atoms with Gasteiger partial charge in [-0.15, -0.1) is 0 Å². The maximum Gasteiger partial charge on any atom is 0.131 e. The lowest BCUT2D eigenvalue weighted by atomic mass is 9.77. The number of ether oxygens (including phenoxy) is 1. The van der Waals surface area contributed by atoms with Gasteiger partial charge in [-0.2, -0.15) is 0 Å². The SMILES string of the molecule is CCCCCC1CCC(c2ccc(-c3ccc(C4CCC(COC)CC4)cc3F)cc2)CC1. The molecule has 0 spiro atoms. The summed E-state index contributed by atoms with van der Waals surface area (Å²) in [6.07, 6.45) is 15.5. The van der Waals surface area contributed by atoms with E-state index in [0.29, 0.717) is 17.8 Å². The predicted octanol–water partition coefficient (Wildman–Crippen LogP) is 9.27. The normalized spacial score (nSPS) is 25.8. The molecule has 33 heavy (non-hydrogen) atoms. The molecule has 180 valence electrons. The lowest BCUT2D eigenvalue weighted by Gasteiger charge is -2.29. The first-order valence-corrected chi connectivity index (χ1v) is 13.6. The van der Waals surface area contributed by atoms with Crippen LogP contribution in [0.5, 0.6) is 0 Å². The summed E-state index contributed by atoms with van der Waals surface area (Å²) < 4.78 is 20.4. The number of rotatable bonds is 9. The highest BCUT2D eigenvalue weighted by atomic mass is 19.1. The van der Waals surface area contributed by atoms with Gasteiger partial charge in [0.05, 0.1) is 0 Å². The minimum Gasteiger partial charge on any atom is -0.384 e. The molecule has 0 radical (unpaired) electrons. The molecule has 4 rings (SSSR count). The second-order valence-corrected chi connectivity index (χ2v) is 10.7. The van der Waals surface area contributed by atoms with Crippen molar-refractivity contribution in [1.29, 1.82) is 0 Å². The third-order valence-electron chi connectivity index (χ3n) is 8.47. The van der Waals surface area contributed by atoms with Crippen molar-refractivity contribution in [3.05, 3.63) is 59.4 Å². The molecule has 2 fully saturated rings. The van der Waals surface area contributed by atoms with Gasteiger partial charge in [0.1, 0.15) is 5.82 Å². The monoisotopic (exact) mass is 450 g/mol. The molecule has 2 saturated carbocycles. The number of unbranched alkanes of at least 4 members (excludes halogenated alkanes) is 2. The van der Waals surface area contributed by atoms with Crippen molar-refractivity contribution >= 4 is 0 Å². The van der Waals surface area contributed by atoms with Gasteiger partial charge in [0.25, 0.3) is 0 Å². The van der Waals surface area contributed by atoms with Gasteiger partial charge >= 0.3 is 0 Å². The highest BCUT2D eigenvalue weighted by Crippen LogP contribution is 2.39. The molecule has 2 aliphatic carbocycles. The fraction of sp³-hybridized carbons (Fsp3) is 0.613. The molecule has 0 saturated heterocycles. The zero-order valence-electron chi connectivity index (χ0n) is 20.8. The number of hydrogen-bond acceptors (Lipinski definition) is 1.